The van der Waals surface area contributed by atoms with Gasteiger partial charge in [0.05, 0.1) is 6.54 Å². The number of nitrogens with zero attached hydrogens (tertiary/aromatic N) is 1. The maximum absolute atomic E-state index is 13.6. The van der Waals surface area contributed by atoms with Gasteiger partial charge in [-0.1, -0.05) is 12.1 Å². The zero-order valence-corrected chi connectivity index (χ0v) is 11.3. The third kappa shape index (κ3) is 1.96. The van der Waals surface area contributed by atoms with E-state index in [2.05, 4.69) is 5.32 Å². The fourth-order valence-corrected chi connectivity index (χ4v) is 3.82. The molecule has 0 bridgehead atoms. The number of carbonyl (C=O) groups excluding carboxylic acids is 2. The Balaban J connectivity index is 1.86. The highest BCUT2D eigenvalue weighted by atomic mass is 32.2. The third-order valence-electron chi connectivity index (χ3n) is 3.63. The first-order chi connectivity index (χ1) is 9.53. The van der Waals surface area contributed by atoms with Crippen LogP contribution in [0.15, 0.2) is 18.2 Å². The molecule has 4 nitrogen and oxygen atoms in total. The van der Waals surface area contributed by atoms with Crippen molar-refractivity contribution < 1.29 is 18.4 Å². The predicted molar refractivity (Wildman–Crippen MR) is 70.1 cm³/mol. The summed E-state index contributed by atoms with van der Waals surface area (Å²) < 4.78 is 26.8. The molecule has 2 saturated heterocycles. The van der Waals surface area contributed by atoms with E-state index in [0.717, 1.165) is 16.7 Å². The Hall–Kier alpha value is -1.63. The van der Waals surface area contributed by atoms with E-state index >= 15 is 0 Å². The van der Waals surface area contributed by atoms with E-state index in [1.165, 1.54) is 12.1 Å². The van der Waals surface area contributed by atoms with Gasteiger partial charge in [0.15, 0.2) is 11.6 Å². The molecule has 1 spiro atoms. The first-order valence-corrected chi connectivity index (χ1v) is 7.34. The van der Waals surface area contributed by atoms with E-state index < -0.39 is 23.2 Å². The fraction of sp³-hybridized carbons (Fsp3) is 0.385. The van der Waals surface area contributed by atoms with E-state index in [0.29, 0.717) is 12.2 Å². The lowest BCUT2D eigenvalue weighted by Crippen LogP contribution is -2.46. The molecule has 2 fully saturated rings. The number of thioether (sulfide) groups is 1. The van der Waals surface area contributed by atoms with E-state index in [1.54, 1.807) is 11.8 Å². The second-order valence-electron chi connectivity index (χ2n) is 4.92. The van der Waals surface area contributed by atoms with Gasteiger partial charge in [-0.05, 0) is 18.2 Å². The molecule has 3 amide bonds. The number of imide groups is 1. The molecule has 0 aliphatic carbocycles. The second-order valence-corrected chi connectivity index (χ2v) is 6.02. The Morgan fingerprint density at radius 3 is 2.85 bits per heavy atom. The maximum Gasteiger partial charge on any atom is 0.325 e. The topological polar surface area (TPSA) is 49.4 Å². The van der Waals surface area contributed by atoms with Crippen molar-refractivity contribution in [2.45, 2.75) is 18.5 Å². The van der Waals surface area contributed by atoms with Gasteiger partial charge in [0.25, 0.3) is 5.91 Å². The highest BCUT2D eigenvalue weighted by Gasteiger charge is 2.52. The molecule has 3 rings (SSSR count). The predicted octanol–water partition coefficient (Wildman–Crippen LogP) is 1.89. The lowest BCUT2D eigenvalue weighted by Gasteiger charge is -2.19. The molecule has 1 aromatic carbocycles. The van der Waals surface area contributed by atoms with Crippen LogP contribution < -0.4 is 5.32 Å². The average molecular weight is 298 g/mol. The number of benzene rings is 1. The zero-order valence-electron chi connectivity index (χ0n) is 10.5. The van der Waals surface area contributed by atoms with Crippen LogP contribution >= 0.6 is 11.8 Å². The summed E-state index contributed by atoms with van der Waals surface area (Å²) in [6, 6.07) is 3.18. The summed E-state index contributed by atoms with van der Waals surface area (Å²) in [7, 11) is 0. The molecule has 2 aliphatic rings. The number of rotatable bonds is 2. The normalized spacial score (nSPS) is 25.6. The van der Waals surface area contributed by atoms with Crippen molar-refractivity contribution >= 4 is 23.7 Å². The van der Waals surface area contributed by atoms with Crippen molar-refractivity contribution in [2.24, 2.45) is 0 Å². The highest BCUT2D eigenvalue weighted by Crippen LogP contribution is 2.34. The average Bonchev–Trinajstić information content (AvgIpc) is 2.96. The van der Waals surface area contributed by atoms with Gasteiger partial charge in [-0.2, -0.15) is 11.8 Å². The van der Waals surface area contributed by atoms with Crippen LogP contribution in [0.1, 0.15) is 12.0 Å². The first-order valence-electron chi connectivity index (χ1n) is 6.18. The molecular weight excluding hydrogens is 286 g/mol. The first kappa shape index (κ1) is 13.4. The molecule has 0 unspecified atom stereocenters. The monoisotopic (exact) mass is 298 g/mol. The molecule has 0 aromatic heterocycles. The molecule has 1 N–H and O–H groups in total. The third-order valence-corrected chi connectivity index (χ3v) is 4.82. The summed E-state index contributed by atoms with van der Waals surface area (Å²) in [5.41, 5.74) is -0.859. The zero-order chi connectivity index (χ0) is 14.3. The molecule has 2 heterocycles. The van der Waals surface area contributed by atoms with Gasteiger partial charge >= 0.3 is 6.03 Å². The number of amides is 3. The van der Waals surface area contributed by atoms with Crippen LogP contribution in [-0.4, -0.2) is 33.9 Å². The van der Waals surface area contributed by atoms with Crippen LogP contribution in [0.5, 0.6) is 0 Å². The smallest absolute Gasteiger partial charge is 0.322 e. The maximum atomic E-state index is 13.6. The van der Waals surface area contributed by atoms with E-state index in [9.17, 15) is 18.4 Å². The summed E-state index contributed by atoms with van der Waals surface area (Å²) in [4.78, 5) is 25.2. The minimum atomic E-state index is -1.02. The van der Waals surface area contributed by atoms with E-state index in [1.807, 2.05) is 0 Å². The van der Waals surface area contributed by atoms with Crippen LogP contribution in [-0.2, 0) is 11.3 Å². The SMILES string of the molecule is O=C1N[C@@]2(CCSC2)C(=O)N1Cc1cccc(F)c1F. The molecule has 106 valence electrons. The molecule has 2 aliphatic heterocycles. The quantitative estimate of drug-likeness (QED) is 0.848. The second kappa shape index (κ2) is 4.73. The summed E-state index contributed by atoms with van der Waals surface area (Å²) in [6.07, 6.45) is 0.574. The Labute approximate surface area is 118 Å². The van der Waals surface area contributed by atoms with Gasteiger partial charge in [-0.15, -0.1) is 0 Å². The molecule has 0 saturated carbocycles. The Morgan fingerprint density at radius 2 is 2.15 bits per heavy atom. The Kier molecular flexibility index (Phi) is 3.16. The van der Waals surface area contributed by atoms with Crippen LogP contribution in [0.3, 0.4) is 0 Å². The summed E-state index contributed by atoms with van der Waals surface area (Å²) in [5, 5.41) is 2.68. The molecule has 1 aromatic rings. The standard InChI is InChI=1S/C13H12F2N2O2S/c14-9-3-1-2-8(10(9)15)6-17-11(18)13(16-12(17)19)4-5-20-7-13/h1-3H,4-7H2,(H,16,19)/t13-/m1/s1. The summed E-state index contributed by atoms with van der Waals surface area (Å²) in [5.74, 6) is -1.03. The van der Waals surface area contributed by atoms with Gasteiger partial charge in [0.1, 0.15) is 5.54 Å². The van der Waals surface area contributed by atoms with Gasteiger partial charge in [-0.3, -0.25) is 9.69 Å². The number of nitrogens with one attached hydrogen (secondary N) is 1. The Bertz CT molecular complexity index is 588. The largest absolute Gasteiger partial charge is 0.325 e. The van der Waals surface area contributed by atoms with Crippen LogP contribution in [0.4, 0.5) is 13.6 Å². The number of halogens is 2. The van der Waals surface area contributed by atoms with Crippen molar-refractivity contribution in [3.63, 3.8) is 0 Å². The van der Waals surface area contributed by atoms with Crippen molar-refractivity contribution in [3.8, 4) is 0 Å². The van der Waals surface area contributed by atoms with Crippen LogP contribution in [0.25, 0.3) is 0 Å². The van der Waals surface area contributed by atoms with Gasteiger partial charge in [-0.25, -0.2) is 13.6 Å². The molecule has 20 heavy (non-hydrogen) atoms. The minimum Gasteiger partial charge on any atom is -0.322 e. The summed E-state index contributed by atoms with van der Waals surface area (Å²) >= 11 is 1.59. The van der Waals surface area contributed by atoms with Crippen molar-refractivity contribution in [2.75, 3.05) is 11.5 Å². The van der Waals surface area contributed by atoms with Crippen LogP contribution in [0.2, 0.25) is 0 Å². The molecular formula is C13H12F2N2O2S. The fourth-order valence-electron chi connectivity index (χ4n) is 2.49. The number of hydrogen-bond acceptors (Lipinski definition) is 3. The lowest BCUT2D eigenvalue weighted by atomic mass is 9.99. The van der Waals surface area contributed by atoms with E-state index in [4.69, 9.17) is 0 Å². The lowest BCUT2D eigenvalue weighted by molar-refractivity contribution is -0.130. The molecule has 7 heteroatoms. The Morgan fingerprint density at radius 1 is 1.35 bits per heavy atom. The number of carbonyl (C=O) groups is 2. The summed E-state index contributed by atoms with van der Waals surface area (Å²) in [6.45, 7) is -0.249. The van der Waals surface area contributed by atoms with Gasteiger partial charge in [0.2, 0.25) is 0 Å². The van der Waals surface area contributed by atoms with Crippen LogP contribution in [0, 0.1) is 11.6 Å². The van der Waals surface area contributed by atoms with Crippen molar-refractivity contribution in [3.05, 3.63) is 35.4 Å². The van der Waals surface area contributed by atoms with Crippen molar-refractivity contribution in [1.82, 2.24) is 10.2 Å². The number of urea groups is 1. The molecule has 1 atom stereocenters. The number of hydrogen-bond donors (Lipinski definition) is 1. The van der Waals surface area contributed by atoms with E-state index in [-0.39, 0.29) is 18.0 Å². The van der Waals surface area contributed by atoms with Crippen molar-refractivity contribution in [1.29, 1.82) is 0 Å². The highest BCUT2D eigenvalue weighted by molar-refractivity contribution is 7.99. The molecule has 0 radical (unpaired) electrons. The minimum absolute atomic E-state index is 0.00352. The van der Waals surface area contributed by atoms with Gasteiger partial charge < -0.3 is 5.32 Å². The van der Waals surface area contributed by atoms with Gasteiger partial charge in [0, 0.05) is 11.3 Å².